The molecule has 1 atom stereocenters. The summed E-state index contributed by atoms with van der Waals surface area (Å²) in [5.41, 5.74) is 0.965. The first-order chi connectivity index (χ1) is 9.31. The van der Waals surface area contributed by atoms with Gasteiger partial charge in [0.05, 0.1) is 5.69 Å². The van der Waals surface area contributed by atoms with Gasteiger partial charge in [0, 0.05) is 49.5 Å². The van der Waals surface area contributed by atoms with E-state index in [9.17, 15) is 0 Å². The lowest BCUT2D eigenvalue weighted by molar-refractivity contribution is 0.201. The fourth-order valence-electron chi connectivity index (χ4n) is 2.36. The molecule has 0 aliphatic carbocycles. The first-order valence-corrected chi connectivity index (χ1v) is 7.45. The van der Waals surface area contributed by atoms with Gasteiger partial charge in [0.1, 0.15) is 5.01 Å². The first-order valence-electron chi connectivity index (χ1n) is 6.63. The Balaban J connectivity index is 0.00000147. The summed E-state index contributed by atoms with van der Waals surface area (Å²) in [5, 5.41) is 4.48. The zero-order valence-electron chi connectivity index (χ0n) is 11.5. The van der Waals surface area contributed by atoms with Crippen molar-refractivity contribution in [2.24, 2.45) is 0 Å². The van der Waals surface area contributed by atoms with Gasteiger partial charge in [-0.15, -0.1) is 23.7 Å². The Labute approximate surface area is 129 Å². The standard InChI is InChI=1S/C14H18N4S.ClH/c1-11-9-18(7-6-15-11)10-12-8-17-14(19-12)13-4-2-3-5-16-13;/h2-5,8,11,15H,6-7,9-10H2,1H3;1H/t11-;/m1./s1. The van der Waals surface area contributed by atoms with Gasteiger partial charge in [-0.3, -0.25) is 9.88 Å². The van der Waals surface area contributed by atoms with Crippen molar-refractivity contribution in [2.45, 2.75) is 19.5 Å². The Bertz CT molecular complexity index is 531. The predicted molar refractivity (Wildman–Crippen MR) is 85.3 cm³/mol. The minimum absolute atomic E-state index is 0. The van der Waals surface area contributed by atoms with E-state index in [0.717, 1.165) is 36.9 Å². The van der Waals surface area contributed by atoms with E-state index in [-0.39, 0.29) is 12.4 Å². The molecule has 0 aromatic carbocycles. The van der Waals surface area contributed by atoms with Gasteiger partial charge < -0.3 is 5.32 Å². The van der Waals surface area contributed by atoms with Gasteiger partial charge in [-0.2, -0.15) is 0 Å². The monoisotopic (exact) mass is 310 g/mol. The van der Waals surface area contributed by atoms with Gasteiger partial charge in [-0.25, -0.2) is 4.98 Å². The number of rotatable bonds is 3. The molecule has 1 saturated heterocycles. The van der Waals surface area contributed by atoms with Crippen LogP contribution in [-0.2, 0) is 6.54 Å². The summed E-state index contributed by atoms with van der Waals surface area (Å²) in [6, 6.07) is 6.52. The van der Waals surface area contributed by atoms with Gasteiger partial charge >= 0.3 is 0 Å². The van der Waals surface area contributed by atoms with Crippen molar-refractivity contribution in [3.8, 4) is 10.7 Å². The highest BCUT2D eigenvalue weighted by atomic mass is 35.5. The zero-order chi connectivity index (χ0) is 13.1. The molecule has 4 nitrogen and oxygen atoms in total. The van der Waals surface area contributed by atoms with Gasteiger partial charge in [-0.05, 0) is 19.1 Å². The second kappa shape index (κ2) is 7.13. The van der Waals surface area contributed by atoms with Crippen LogP contribution in [0.5, 0.6) is 0 Å². The molecule has 1 aliphatic heterocycles. The summed E-state index contributed by atoms with van der Waals surface area (Å²) in [5.74, 6) is 0. The van der Waals surface area contributed by atoms with Crippen molar-refractivity contribution in [3.63, 3.8) is 0 Å². The van der Waals surface area contributed by atoms with E-state index in [1.807, 2.05) is 30.6 Å². The molecule has 0 bridgehead atoms. The number of pyridine rings is 1. The second-order valence-electron chi connectivity index (χ2n) is 4.94. The molecule has 20 heavy (non-hydrogen) atoms. The molecular weight excluding hydrogens is 292 g/mol. The molecule has 0 saturated carbocycles. The quantitative estimate of drug-likeness (QED) is 0.945. The lowest BCUT2D eigenvalue weighted by Gasteiger charge is -2.31. The van der Waals surface area contributed by atoms with E-state index in [1.54, 1.807) is 11.3 Å². The van der Waals surface area contributed by atoms with Crippen LogP contribution in [0.25, 0.3) is 10.7 Å². The minimum atomic E-state index is 0. The highest BCUT2D eigenvalue weighted by Crippen LogP contribution is 2.24. The van der Waals surface area contributed by atoms with Crippen molar-refractivity contribution < 1.29 is 0 Å². The summed E-state index contributed by atoms with van der Waals surface area (Å²) < 4.78 is 0. The number of hydrogen-bond donors (Lipinski definition) is 1. The average Bonchev–Trinajstić information content (AvgIpc) is 2.88. The SMILES string of the molecule is C[C@@H]1CN(Cc2cnc(-c3ccccn3)s2)CCN1.Cl. The molecule has 0 amide bonds. The van der Waals surface area contributed by atoms with Crippen LogP contribution >= 0.6 is 23.7 Å². The van der Waals surface area contributed by atoms with E-state index in [2.05, 4.69) is 27.1 Å². The number of nitrogens with one attached hydrogen (secondary N) is 1. The van der Waals surface area contributed by atoms with E-state index in [4.69, 9.17) is 0 Å². The van der Waals surface area contributed by atoms with Crippen molar-refractivity contribution >= 4 is 23.7 Å². The van der Waals surface area contributed by atoms with Crippen LogP contribution in [0.15, 0.2) is 30.6 Å². The molecule has 1 aliphatic rings. The van der Waals surface area contributed by atoms with Gasteiger partial charge in [-0.1, -0.05) is 6.07 Å². The maximum Gasteiger partial charge on any atom is 0.142 e. The summed E-state index contributed by atoms with van der Waals surface area (Å²) in [6.45, 7) is 6.53. The van der Waals surface area contributed by atoms with Crippen LogP contribution in [-0.4, -0.2) is 40.5 Å². The van der Waals surface area contributed by atoms with Crippen molar-refractivity contribution in [2.75, 3.05) is 19.6 Å². The number of nitrogens with zero attached hydrogens (tertiary/aromatic N) is 3. The molecular formula is C14H19ClN4S. The highest BCUT2D eigenvalue weighted by Gasteiger charge is 2.16. The molecule has 1 fully saturated rings. The molecule has 3 heterocycles. The van der Waals surface area contributed by atoms with Crippen LogP contribution in [0.4, 0.5) is 0 Å². The number of piperazine rings is 1. The third kappa shape index (κ3) is 3.76. The molecule has 1 N–H and O–H groups in total. The van der Waals surface area contributed by atoms with Crippen LogP contribution in [0.1, 0.15) is 11.8 Å². The second-order valence-corrected chi connectivity index (χ2v) is 6.05. The number of aromatic nitrogens is 2. The smallest absolute Gasteiger partial charge is 0.142 e. The van der Waals surface area contributed by atoms with Gasteiger partial charge in [0.2, 0.25) is 0 Å². The van der Waals surface area contributed by atoms with Crippen LogP contribution < -0.4 is 5.32 Å². The summed E-state index contributed by atoms with van der Waals surface area (Å²) in [7, 11) is 0. The molecule has 2 aromatic heterocycles. The van der Waals surface area contributed by atoms with Crippen LogP contribution in [0.3, 0.4) is 0 Å². The molecule has 6 heteroatoms. The van der Waals surface area contributed by atoms with Crippen LogP contribution in [0, 0.1) is 0 Å². The Hall–Kier alpha value is -1.01. The highest BCUT2D eigenvalue weighted by molar-refractivity contribution is 7.14. The van der Waals surface area contributed by atoms with Crippen molar-refractivity contribution in [1.82, 2.24) is 20.2 Å². The van der Waals surface area contributed by atoms with Crippen LogP contribution in [0.2, 0.25) is 0 Å². The topological polar surface area (TPSA) is 41.1 Å². The molecule has 0 unspecified atom stereocenters. The normalized spacial score (nSPS) is 19.6. The molecule has 3 rings (SSSR count). The molecule has 2 aromatic rings. The fraction of sp³-hybridized carbons (Fsp3) is 0.429. The number of halogens is 1. The Morgan fingerprint density at radius 3 is 3.05 bits per heavy atom. The van der Waals surface area contributed by atoms with Crippen molar-refractivity contribution in [3.05, 3.63) is 35.5 Å². The van der Waals surface area contributed by atoms with Crippen molar-refractivity contribution in [1.29, 1.82) is 0 Å². The molecule has 108 valence electrons. The maximum absolute atomic E-state index is 4.48. The van der Waals surface area contributed by atoms with E-state index in [0.29, 0.717) is 6.04 Å². The van der Waals surface area contributed by atoms with Gasteiger partial charge in [0.25, 0.3) is 0 Å². The fourth-order valence-corrected chi connectivity index (χ4v) is 3.30. The zero-order valence-corrected chi connectivity index (χ0v) is 13.1. The Kier molecular flexibility index (Phi) is 5.48. The average molecular weight is 311 g/mol. The largest absolute Gasteiger partial charge is 0.312 e. The summed E-state index contributed by atoms with van der Waals surface area (Å²) in [6.07, 6.45) is 3.80. The van der Waals surface area contributed by atoms with Gasteiger partial charge in [0.15, 0.2) is 0 Å². The maximum atomic E-state index is 4.48. The minimum Gasteiger partial charge on any atom is -0.312 e. The van der Waals surface area contributed by atoms with E-state index >= 15 is 0 Å². The van der Waals surface area contributed by atoms with E-state index in [1.165, 1.54) is 4.88 Å². The number of thiazole rings is 1. The Morgan fingerprint density at radius 1 is 1.40 bits per heavy atom. The summed E-state index contributed by atoms with van der Waals surface area (Å²) in [4.78, 5) is 12.6. The predicted octanol–water partition coefficient (Wildman–Crippen LogP) is 2.42. The third-order valence-electron chi connectivity index (χ3n) is 3.27. The molecule has 0 spiro atoms. The Morgan fingerprint density at radius 2 is 2.30 bits per heavy atom. The first kappa shape index (κ1) is 15.4. The lowest BCUT2D eigenvalue weighted by atomic mass is 10.2. The number of hydrogen-bond acceptors (Lipinski definition) is 5. The third-order valence-corrected chi connectivity index (χ3v) is 4.27. The molecule has 0 radical (unpaired) electrons. The lowest BCUT2D eigenvalue weighted by Crippen LogP contribution is -2.48. The summed E-state index contributed by atoms with van der Waals surface area (Å²) >= 11 is 1.75. The van der Waals surface area contributed by atoms with E-state index < -0.39 is 0 Å².